The Labute approximate surface area is 335 Å². The van der Waals surface area contributed by atoms with E-state index in [4.69, 9.17) is 18.9 Å². The molecule has 0 fully saturated rings. The van der Waals surface area contributed by atoms with Gasteiger partial charge in [-0.15, -0.1) is 0 Å². The zero-order chi connectivity index (χ0) is 37.5. The molecule has 4 heterocycles. The predicted molar refractivity (Wildman–Crippen MR) is 226 cm³/mol. The first-order chi connectivity index (χ1) is 27.7. The third kappa shape index (κ3) is 8.03. The van der Waals surface area contributed by atoms with Crippen LogP contribution in [0.1, 0.15) is 22.3 Å². The van der Waals surface area contributed by atoms with E-state index in [-0.39, 0.29) is 0 Å². The van der Waals surface area contributed by atoms with Crippen molar-refractivity contribution in [2.75, 3.05) is 0 Å². The quantitative estimate of drug-likeness (QED) is 0.153. The van der Waals surface area contributed by atoms with E-state index in [0.717, 1.165) is 58.8 Å². The van der Waals surface area contributed by atoms with Gasteiger partial charge in [-0.25, -0.2) is 0 Å². The van der Waals surface area contributed by atoms with Crippen LogP contribution in [0.5, 0.6) is 46.0 Å². The molecule has 0 atom stereocenters. The van der Waals surface area contributed by atoms with Crippen LogP contribution in [0.3, 0.4) is 0 Å². The minimum Gasteiger partial charge on any atom is -0.457 e. The second kappa shape index (κ2) is 16.6. The van der Waals surface area contributed by atoms with E-state index >= 15 is 0 Å². The first-order valence-corrected chi connectivity index (χ1v) is 20.1. The fraction of sp³-hybridized carbons (Fsp3) is 0.0400. The van der Waals surface area contributed by atoms with Gasteiger partial charge in [0.2, 0.25) is 0 Å². The van der Waals surface area contributed by atoms with Crippen LogP contribution in [-0.4, -0.2) is 0 Å². The molecule has 0 unspecified atom stereocenters. The van der Waals surface area contributed by atoms with Crippen molar-refractivity contribution in [2.45, 2.75) is 32.4 Å². The summed E-state index contributed by atoms with van der Waals surface area (Å²) in [5.41, 5.74) is 5.45. The maximum atomic E-state index is 5.78. The summed E-state index contributed by atoms with van der Waals surface area (Å²) < 4.78 is 22.8. The summed E-state index contributed by atoms with van der Waals surface area (Å²) in [7, 11) is 0. The standard InChI is InChI=1S/C13H10O.C13H10S.C12H8O2.C12H8OS/c2*1-3-7-12-10(5-1)9-11-6-2-4-8-13(11)14-12;1-2-6-10-9(5-1)13-11-7-3-4-8-12(11)14-10;1-3-7-11-9(5-1)13-10-6-2-4-8-12(10)14-11/h2*1-8H,9H2;2*1-8H. The molecule has 0 amide bonds. The molecular weight excluding hydrogens is 729 g/mol. The van der Waals surface area contributed by atoms with E-state index in [9.17, 15) is 0 Å². The molecule has 8 aromatic rings. The Morgan fingerprint density at radius 3 is 0.911 bits per heavy atom. The van der Waals surface area contributed by atoms with Gasteiger partial charge in [0.15, 0.2) is 23.0 Å². The SMILES string of the molecule is c1ccc2c(c1)Cc1ccccc1O2.c1ccc2c(c1)Cc1ccccc1S2.c1ccc2c(c1)Oc1ccccc1O2.c1ccc2c(c1)Oc1ccccc1S2. The fourth-order valence-electron chi connectivity index (χ4n) is 6.59. The Morgan fingerprint density at radius 1 is 0.232 bits per heavy atom. The molecule has 0 saturated carbocycles. The van der Waals surface area contributed by atoms with Crippen LogP contribution in [0.4, 0.5) is 0 Å². The Morgan fingerprint density at radius 2 is 0.482 bits per heavy atom. The van der Waals surface area contributed by atoms with Gasteiger partial charge in [-0.05, 0) is 101 Å². The van der Waals surface area contributed by atoms with Gasteiger partial charge in [0.05, 0.1) is 9.79 Å². The lowest BCUT2D eigenvalue weighted by atomic mass is 10.0. The summed E-state index contributed by atoms with van der Waals surface area (Å²) in [6.45, 7) is 0. The Hall–Kier alpha value is -6.34. The Bertz CT molecular complexity index is 1920. The van der Waals surface area contributed by atoms with Gasteiger partial charge in [-0.1, -0.05) is 145 Å². The Kier molecular flexibility index (Phi) is 10.5. The van der Waals surface area contributed by atoms with Crippen molar-refractivity contribution in [2.24, 2.45) is 0 Å². The van der Waals surface area contributed by atoms with Crippen molar-refractivity contribution in [3.63, 3.8) is 0 Å². The molecule has 4 aliphatic heterocycles. The zero-order valence-electron chi connectivity index (χ0n) is 30.3. The van der Waals surface area contributed by atoms with Gasteiger partial charge in [0.1, 0.15) is 23.0 Å². The number of benzene rings is 8. The summed E-state index contributed by atoms with van der Waals surface area (Å²) in [5.74, 6) is 6.97. The molecule has 0 saturated heterocycles. The van der Waals surface area contributed by atoms with Crippen LogP contribution in [0.25, 0.3) is 0 Å². The minimum absolute atomic E-state index is 0.770. The number of hydrogen-bond donors (Lipinski definition) is 0. The first-order valence-electron chi connectivity index (χ1n) is 18.5. The lowest BCUT2D eigenvalue weighted by molar-refractivity contribution is 0.359. The van der Waals surface area contributed by atoms with Crippen LogP contribution >= 0.6 is 23.5 Å². The molecule has 56 heavy (non-hydrogen) atoms. The number of rotatable bonds is 0. The number of hydrogen-bond acceptors (Lipinski definition) is 6. The van der Waals surface area contributed by atoms with Gasteiger partial charge in [-0.2, -0.15) is 0 Å². The topological polar surface area (TPSA) is 36.9 Å². The van der Waals surface area contributed by atoms with Crippen LogP contribution in [0.15, 0.2) is 214 Å². The predicted octanol–water partition coefficient (Wildman–Crippen LogP) is 14.7. The molecule has 0 N–H and O–H groups in total. The molecule has 0 spiro atoms. The highest BCUT2D eigenvalue weighted by atomic mass is 32.2. The summed E-state index contributed by atoms with van der Waals surface area (Å²) in [4.78, 5) is 5.19. The second-order valence-electron chi connectivity index (χ2n) is 13.2. The average molecular weight is 765 g/mol. The lowest BCUT2D eigenvalue weighted by Crippen LogP contribution is -2.01. The summed E-state index contributed by atoms with van der Waals surface area (Å²) in [5, 5.41) is 0. The number of fused-ring (bicyclic) bond motifs is 8. The molecule has 272 valence electrons. The van der Waals surface area contributed by atoms with Crippen LogP contribution < -0.4 is 18.9 Å². The molecule has 4 nitrogen and oxygen atoms in total. The third-order valence-electron chi connectivity index (χ3n) is 9.37. The normalized spacial score (nSPS) is 12.6. The van der Waals surface area contributed by atoms with Gasteiger partial charge in [-0.3, -0.25) is 0 Å². The summed E-state index contributed by atoms with van der Waals surface area (Å²) in [6, 6.07) is 65.2. The molecular formula is C50H36O4S2. The average Bonchev–Trinajstić information content (AvgIpc) is 3.27. The van der Waals surface area contributed by atoms with E-state index in [0.29, 0.717) is 0 Å². The molecule has 0 radical (unpaired) electrons. The molecule has 8 aromatic carbocycles. The van der Waals surface area contributed by atoms with Crippen molar-refractivity contribution in [3.8, 4) is 46.0 Å². The zero-order valence-corrected chi connectivity index (χ0v) is 32.0. The maximum Gasteiger partial charge on any atom is 0.170 e. The monoisotopic (exact) mass is 764 g/mol. The Balaban J connectivity index is 0.0000000975. The highest BCUT2D eigenvalue weighted by Crippen LogP contribution is 2.47. The van der Waals surface area contributed by atoms with Crippen LogP contribution in [0.2, 0.25) is 0 Å². The smallest absolute Gasteiger partial charge is 0.170 e. The van der Waals surface area contributed by atoms with Crippen molar-refractivity contribution in [1.82, 2.24) is 0 Å². The van der Waals surface area contributed by atoms with Crippen LogP contribution in [-0.2, 0) is 12.8 Å². The highest BCUT2D eigenvalue weighted by molar-refractivity contribution is 7.99. The van der Waals surface area contributed by atoms with E-state index in [1.165, 1.54) is 41.8 Å². The van der Waals surface area contributed by atoms with E-state index in [2.05, 4.69) is 84.9 Å². The lowest BCUT2D eigenvalue weighted by Gasteiger charge is -2.19. The van der Waals surface area contributed by atoms with Crippen molar-refractivity contribution < 1.29 is 18.9 Å². The van der Waals surface area contributed by atoms with Gasteiger partial charge in [0.25, 0.3) is 0 Å². The highest BCUT2D eigenvalue weighted by Gasteiger charge is 2.18. The van der Waals surface area contributed by atoms with E-state index in [1.54, 1.807) is 11.8 Å². The number of para-hydroxylation sites is 8. The molecule has 0 aromatic heterocycles. The molecule has 12 rings (SSSR count). The molecule has 0 aliphatic carbocycles. The van der Waals surface area contributed by atoms with Gasteiger partial charge in [0, 0.05) is 16.2 Å². The molecule has 4 aliphatic rings. The third-order valence-corrected chi connectivity index (χ3v) is 11.7. The van der Waals surface area contributed by atoms with Crippen molar-refractivity contribution in [3.05, 3.63) is 216 Å². The fourth-order valence-corrected chi connectivity index (χ4v) is 8.62. The second-order valence-corrected chi connectivity index (χ2v) is 15.4. The van der Waals surface area contributed by atoms with Gasteiger partial charge < -0.3 is 18.9 Å². The van der Waals surface area contributed by atoms with Crippen LogP contribution in [0, 0.1) is 0 Å². The van der Waals surface area contributed by atoms with Gasteiger partial charge >= 0.3 is 0 Å². The maximum absolute atomic E-state index is 5.78. The largest absolute Gasteiger partial charge is 0.457 e. The number of ether oxygens (including phenoxy) is 4. The molecule has 0 bridgehead atoms. The van der Waals surface area contributed by atoms with Crippen molar-refractivity contribution in [1.29, 1.82) is 0 Å². The minimum atomic E-state index is 0.770. The van der Waals surface area contributed by atoms with E-state index < -0.39 is 0 Å². The molecule has 6 heteroatoms. The van der Waals surface area contributed by atoms with E-state index in [1.807, 2.05) is 121 Å². The first kappa shape index (κ1) is 35.4. The summed E-state index contributed by atoms with van der Waals surface area (Å²) in [6.07, 6.45) is 2.06. The summed E-state index contributed by atoms with van der Waals surface area (Å²) >= 11 is 3.64. The van der Waals surface area contributed by atoms with Crippen molar-refractivity contribution >= 4 is 23.5 Å².